The van der Waals surface area contributed by atoms with E-state index in [0.717, 1.165) is 25.0 Å². The fourth-order valence-electron chi connectivity index (χ4n) is 2.35. The number of Topliss-reactive ketones (excluding diaryl/α,β-unsaturated/α-hetero) is 2. The van der Waals surface area contributed by atoms with E-state index in [1.165, 1.54) is 5.56 Å². The lowest BCUT2D eigenvalue weighted by atomic mass is 10.0. The van der Waals surface area contributed by atoms with E-state index in [9.17, 15) is 9.59 Å². The molecule has 0 fully saturated rings. The molecule has 0 N–H and O–H groups in total. The van der Waals surface area contributed by atoms with E-state index >= 15 is 0 Å². The van der Waals surface area contributed by atoms with Gasteiger partial charge in [0.2, 0.25) is 0 Å². The molecule has 0 amide bonds. The van der Waals surface area contributed by atoms with E-state index in [4.69, 9.17) is 4.74 Å². The summed E-state index contributed by atoms with van der Waals surface area (Å²) in [6, 6.07) is 14.4. The predicted molar refractivity (Wildman–Crippen MR) is 95.9 cm³/mol. The number of hydrogen-bond donors (Lipinski definition) is 0. The van der Waals surface area contributed by atoms with Crippen LogP contribution < -0.4 is 4.74 Å². The van der Waals surface area contributed by atoms with Gasteiger partial charge in [-0.2, -0.15) is 0 Å². The van der Waals surface area contributed by atoms with E-state index in [0.29, 0.717) is 17.7 Å². The van der Waals surface area contributed by atoms with Gasteiger partial charge >= 0.3 is 0 Å². The zero-order valence-corrected chi connectivity index (χ0v) is 14.4. The van der Waals surface area contributed by atoms with Crippen LogP contribution in [0.2, 0.25) is 0 Å². The quantitative estimate of drug-likeness (QED) is 0.375. The van der Waals surface area contributed by atoms with Crippen molar-refractivity contribution < 1.29 is 14.3 Å². The second kappa shape index (κ2) is 9.02. The Bertz CT molecular complexity index is 669. The number of carbonyl (C=O) groups excluding carboxylic acids is 2. The van der Waals surface area contributed by atoms with Gasteiger partial charge in [-0.1, -0.05) is 44.5 Å². The maximum absolute atomic E-state index is 12.3. The van der Waals surface area contributed by atoms with Crippen LogP contribution >= 0.6 is 0 Å². The number of ketones is 2. The molecule has 0 saturated carbocycles. The zero-order chi connectivity index (χ0) is 17.4. The maximum Gasteiger partial charge on any atom is 0.170 e. The molecule has 2 aromatic rings. The Hall–Kier alpha value is -2.42. The molecule has 2 rings (SSSR count). The molecule has 0 radical (unpaired) electrons. The van der Waals surface area contributed by atoms with Crippen molar-refractivity contribution in [1.82, 2.24) is 0 Å². The number of ether oxygens (including phenoxy) is 1. The van der Waals surface area contributed by atoms with E-state index in [2.05, 4.69) is 13.8 Å². The normalized spacial score (nSPS) is 10.4. The second-order valence-electron chi connectivity index (χ2n) is 5.80. The van der Waals surface area contributed by atoms with E-state index < -0.39 is 0 Å². The van der Waals surface area contributed by atoms with Crippen LogP contribution in [0.5, 0.6) is 5.75 Å². The van der Waals surface area contributed by atoms with E-state index in [-0.39, 0.29) is 18.0 Å². The molecule has 0 spiro atoms. The molecule has 3 nitrogen and oxygen atoms in total. The average Bonchev–Trinajstić information content (AvgIpc) is 2.62. The topological polar surface area (TPSA) is 43.4 Å². The van der Waals surface area contributed by atoms with Crippen LogP contribution in [0.15, 0.2) is 48.5 Å². The Kier molecular flexibility index (Phi) is 6.74. The summed E-state index contributed by atoms with van der Waals surface area (Å²) in [5.41, 5.74) is 2.30. The van der Waals surface area contributed by atoms with Crippen molar-refractivity contribution >= 4 is 11.6 Å². The highest BCUT2D eigenvalue weighted by Crippen LogP contribution is 2.15. The molecule has 126 valence electrons. The van der Waals surface area contributed by atoms with Gasteiger partial charge in [0.1, 0.15) is 5.75 Å². The summed E-state index contributed by atoms with van der Waals surface area (Å²) in [6.45, 7) is 4.85. The maximum atomic E-state index is 12.3. The minimum atomic E-state index is -0.167. The summed E-state index contributed by atoms with van der Waals surface area (Å²) in [4.78, 5) is 24.5. The SMILES string of the molecule is CCCCOc1ccc(C(=O)CC(=O)c2ccc(CC)cc2)cc1. The monoisotopic (exact) mass is 324 g/mol. The van der Waals surface area contributed by atoms with Crippen molar-refractivity contribution in [3.63, 3.8) is 0 Å². The fourth-order valence-corrected chi connectivity index (χ4v) is 2.35. The summed E-state index contributed by atoms with van der Waals surface area (Å²) < 4.78 is 5.58. The molecule has 0 aliphatic carbocycles. The molecule has 0 heterocycles. The molecule has 0 aliphatic rings. The highest BCUT2D eigenvalue weighted by Gasteiger charge is 2.13. The molecular formula is C21H24O3. The molecule has 0 saturated heterocycles. The van der Waals surface area contributed by atoms with Crippen molar-refractivity contribution in [2.45, 2.75) is 39.5 Å². The van der Waals surface area contributed by atoms with Gasteiger partial charge in [0.05, 0.1) is 13.0 Å². The number of aryl methyl sites for hydroxylation is 1. The van der Waals surface area contributed by atoms with Crippen LogP contribution in [0, 0.1) is 0 Å². The Labute approximate surface area is 143 Å². The van der Waals surface area contributed by atoms with Crippen LogP contribution in [0.25, 0.3) is 0 Å². The molecule has 0 bridgehead atoms. The molecule has 0 atom stereocenters. The van der Waals surface area contributed by atoms with Crippen LogP contribution in [0.3, 0.4) is 0 Å². The van der Waals surface area contributed by atoms with Gasteiger partial charge in [-0.3, -0.25) is 9.59 Å². The largest absolute Gasteiger partial charge is 0.494 e. The van der Waals surface area contributed by atoms with E-state index in [1.54, 1.807) is 36.4 Å². The summed E-state index contributed by atoms with van der Waals surface area (Å²) >= 11 is 0. The number of benzene rings is 2. The minimum Gasteiger partial charge on any atom is -0.494 e. The first kappa shape index (κ1) is 17.9. The van der Waals surface area contributed by atoms with Crippen molar-refractivity contribution in [3.05, 3.63) is 65.2 Å². The van der Waals surface area contributed by atoms with Crippen LogP contribution in [-0.2, 0) is 6.42 Å². The molecule has 24 heavy (non-hydrogen) atoms. The highest BCUT2D eigenvalue weighted by molar-refractivity contribution is 6.13. The number of rotatable bonds is 9. The third-order valence-corrected chi connectivity index (χ3v) is 3.95. The highest BCUT2D eigenvalue weighted by atomic mass is 16.5. The number of unbranched alkanes of at least 4 members (excludes halogenated alkanes) is 1. The van der Waals surface area contributed by atoms with Crippen molar-refractivity contribution in [2.24, 2.45) is 0 Å². The third kappa shape index (κ3) is 5.05. The zero-order valence-electron chi connectivity index (χ0n) is 14.4. The number of hydrogen-bond acceptors (Lipinski definition) is 3. The second-order valence-corrected chi connectivity index (χ2v) is 5.80. The van der Waals surface area contributed by atoms with Gasteiger partial charge in [0, 0.05) is 11.1 Å². The van der Waals surface area contributed by atoms with Gasteiger partial charge in [-0.15, -0.1) is 0 Å². The molecule has 0 aromatic heterocycles. The first-order valence-electron chi connectivity index (χ1n) is 8.52. The third-order valence-electron chi connectivity index (χ3n) is 3.95. The van der Waals surface area contributed by atoms with Crippen LogP contribution in [0.1, 0.15) is 59.4 Å². The van der Waals surface area contributed by atoms with Crippen molar-refractivity contribution in [2.75, 3.05) is 6.61 Å². The number of carbonyl (C=O) groups is 2. The fraction of sp³-hybridized carbons (Fsp3) is 0.333. The minimum absolute atomic E-state index is 0.110. The Morgan fingerprint density at radius 1 is 0.833 bits per heavy atom. The van der Waals surface area contributed by atoms with Crippen LogP contribution in [0.4, 0.5) is 0 Å². The Morgan fingerprint density at radius 3 is 1.88 bits per heavy atom. The van der Waals surface area contributed by atoms with Crippen LogP contribution in [-0.4, -0.2) is 18.2 Å². The van der Waals surface area contributed by atoms with Gasteiger partial charge in [-0.05, 0) is 42.7 Å². The first-order chi connectivity index (χ1) is 11.6. The van der Waals surface area contributed by atoms with Gasteiger partial charge in [0.15, 0.2) is 11.6 Å². The molecule has 0 unspecified atom stereocenters. The summed E-state index contributed by atoms with van der Waals surface area (Å²) in [7, 11) is 0. The lowest BCUT2D eigenvalue weighted by Crippen LogP contribution is -2.08. The average molecular weight is 324 g/mol. The summed E-state index contributed by atoms with van der Waals surface area (Å²) in [6.07, 6.45) is 2.91. The smallest absolute Gasteiger partial charge is 0.170 e. The molecule has 2 aromatic carbocycles. The van der Waals surface area contributed by atoms with Gasteiger partial charge in [0.25, 0.3) is 0 Å². The lowest BCUT2D eigenvalue weighted by molar-refractivity contribution is 0.0894. The van der Waals surface area contributed by atoms with Crippen molar-refractivity contribution in [3.8, 4) is 5.75 Å². The predicted octanol–water partition coefficient (Wildman–Crippen LogP) is 4.88. The standard InChI is InChI=1S/C21H24O3/c1-3-5-14-24-19-12-10-18(11-13-19)21(23)15-20(22)17-8-6-16(4-2)7-9-17/h6-13H,3-5,14-15H2,1-2H3. The molecular weight excluding hydrogens is 300 g/mol. The lowest BCUT2D eigenvalue weighted by Gasteiger charge is -2.06. The Balaban J connectivity index is 1.94. The first-order valence-corrected chi connectivity index (χ1v) is 8.52. The summed E-state index contributed by atoms with van der Waals surface area (Å²) in [5, 5.41) is 0. The Morgan fingerprint density at radius 2 is 1.38 bits per heavy atom. The van der Waals surface area contributed by atoms with Crippen molar-refractivity contribution in [1.29, 1.82) is 0 Å². The van der Waals surface area contributed by atoms with E-state index in [1.807, 2.05) is 12.1 Å². The molecule has 3 heteroatoms. The summed E-state index contributed by atoms with van der Waals surface area (Å²) in [5.74, 6) is 0.437. The van der Waals surface area contributed by atoms with Gasteiger partial charge < -0.3 is 4.74 Å². The van der Waals surface area contributed by atoms with Gasteiger partial charge in [-0.25, -0.2) is 0 Å². The molecule has 0 aliphatic heterocycles.